The van der Waals surface area contributed by atoms with Gasteiger partial charge in [-0.05, 0) is 12.8 Å². The van der Waals surface area contributed by atoms with Gasteiger partial charge >= 0.3 is 0 Å². The van der Waals surface area contributed by atoms with Crippen molar-refractivity contribution in [2.75, 3.05) is 6.54 Å². The molecule has 0 N–H and O–H groups in total. The zero-order valence-electron chi connectivity index (χ0n) is 10.7. The molecule has 2 aliphatic rings. The van der Waals surface area contributed by atoms with Gasteiger partial charge in [0.15, 0.2) is 0 Å². The standard InChI is InChI=1S/C13H14N2O4/c1-8(7-14-10(16)3-4-11(14)17)9(2)15-12(18)5-6-13(15)19/h3-6,8-9H,7H2,1-2H3. The van der Waals surface area contributed by atoms with Crippen LogP contribution in [0.15, 0.2) is 24.3 Å². The minimum Gasteiger partial charge on any atom is -0.275 e. The molecular weight excluding hydrogens is 248 g/mol. The van der Waals surface area contributed by atoms with Gasteiger partial charge in [0.2, 0.25) is 0 Å². The van der Waals surface area contributed by atoms with Crippen molar-refractivity contribution in [2.45, 2.75) is 19.9 Å². The lowest BCUT2D eigenvalue weighted by Gasteiger charge is -2.30. The van der Waals surface area contributed by atoms with Crippen LogP contribution in [0.2, 0.25) is 0 Å². The number of amides is 4. The van der Waals surface area contributed by atoms with Gasteiger partial charge in [-0.25, -0.2) is 0 Å². The van der Waals surface area contributed by atoms with Gasteiger partial charge in [0.05, 0.1) is 0 Å². The van der Waals surface area contributed by atoms with E-state index < -0.39 is 0 Å². The van der Waals surface area contributed by atoms with Crippen molar-refractivity contribution in [2.24, 2.45) is 5.92 Å². The van der Waals surface area contributed by atoms with E-state index in [0.717, 1.165) is 9.80 Å². The first-order chi connectivity index (χ1) is 8.91. The van der Waals surface area contributed by atoms with E-state index in [1.54, 1.807) is 13.8 Å². The summed E-state index contributed by atoms with van der Waals surface area (Å²) in [6.45, 7) is 3.71. The molecule has 6 heteroatoms. The Kier molecular flexibility index (Phi) is 3.33. The summed E-state index contributed by atoms with van der Waals surface area (Å²) in [5.41, 5.74) is 0. The lowest BCUT2D eigenvalue weighted by Crippen LogP contribution is -2.46. The number of rotatable bonds is 4. The van der Waals surface area contributed by atoms with Gasteiger partial charge < -0.3 is 0 Å². The molecule has 2 unspecified atom stereocenters. The van der Waals surface area contributed by atoms with Crippen molar-refractivity contribution in [3.05, 3.63) is 24.3 Å². The van der Waals surface area contributed by atoms with Crippen LogP contribution >= 0.6 is 0 Å². The fourth-order valence-corrected chi connectivity index (χ4v) is 2.12. The molecule has 2 rings (SSSR count). The maximum absolute atomic E-state index is 11.6. The average molecular weight is 262 g/mol. The second kappa shape index (κ2) is 4.79. The van der Waals surface area contributed by atoms with Crippen LogP contribution in [0.3, 0.4) is 0 Å². The van der Waals surface area contributed by atoms with Crippen molar-refractivity contribution >= 4 is 23.6 Å². The molecule has 0 radical (unpaired) electrons. The molecule has 19 heavy (non-hydrogen) atoms. The monoisotopic (exact) mass is 262 g/mol. The first-order valence-electron chi connectivity index (χ1n) is 6.00. The number of hydrogen-bond donors (Lipinski definition) is 0. The fourth-order valence-electron chi connectivity index (χ4n) is 2.12. The van der Waals surface area contributed by atoms with E-state index in [4.69, 9.17) is 0 Å². The van der Waals surface area contributed by atoms with Crippen LogP contribution in [0.1, 0.15) is 13.8 Å². The molecule has 0 aromatic rings. The third-order valence-electron chi connectivity index (χ3n) is 3.45. The highest BCUT2D eigenvalue weighted by molar-refractivity contribution is 6.13. The third-order valence-corrected chi connectivity index (χ3v) is 3.45. The molecule has 0 bridgehead atoms. The molecule has 0 fully saturated rings. The molecule has 0 aromatic heterocycles. The summed E-state index contributed by atoms with van der Waals surface area (Å²) in [5, 5.41) is 0. The van der Waals surface area contributed by atoms with Crippen LogP contribution in [-0.2, 0) is 19.2 Å². The van der Waals surface area contributed by atoms with E-state index in [1.807, 2.05) is 0 Å². The minimum atomic E-state index is -0.379. The maximum atomic E-state index is 11.6. The van der Waals surface area contributed by atoms with Crippen LogP contribution in [0, 0.1) is 5.92 Å². The van der Waals surface area contributed by atoms with Crippen molar-refractivity contribution in [3.63, 3.8) is 0 Å². The Labute approximate surface area is 110 Å². The molecule has 0 saturated heterocycles. The summed E-state index contributed by atoms with van der Waals surface area (Å²) in [4.78, 5) is 48.3. The second-order valence-electron chi connectivity index (χ2n) is 4.72. The Morgan fingerprint density at radius 3 is 1.74 bits per heavy atom. The van der Waals surface area contributed by atoms with Gasteiger partial charge in [-0.1, -0.05) is 6.92 Å². The molecule has 0 aromatic carbocycles. The molecule has 4 amide bonds. The van der Waals surface area contributed by atoms with Crippen LogP contribution in [0.4, 0.5) is 0 Å². The topological polar surface area (TPSA) is 74.8 Å². The van der Waals surface area contributed by atoms with Crippen LogP contribution in [0.5, 0.6) is 0 Å². The summed E-state index contributed by atoms with van der Waals surface area (Å²) in [6.07, 6.45) is 4.87. The molecule has 100 valence electrons. The van der Waals surface area contributed by atoms with E-state index >= 15 is 0 Å². The molecule has 6 nitrogen and oxygen atoms in total. The van der Waals surface area contributed by atoms with E-state index in [9.17, 15) is 19.2 Å². The van der Waals surface area contributed by atoms with Gasteiger partial charge in [-0.3, -0.25) is 29.0 Å². The Hall–Kier alpha value is -2.24. The second-order valence-corrected chi connectivity index (χ2v) is 4.72. The summed E-state index contributed by atoms with van der Waals surface area (Å²) in [7, 11) is 0. The van der Waals surface area contributed by atoms with Gasteiger partial charge in [-0.2, -0.15) is 0 Å². The summed E-state index contributed by atoms with van der Waals surface area (Å²) >= 11 is 0. The first kappa shape index (κ1) is 13.2. The van der Waals surface area contributed by atoms with Crippen LogP contribution in [-0.4, -0.2) is 46.0 Å². The van der Waals surface area contributed by atoms with Gasteiger partial charge in [-0.15, -0.1) is 0 Å². The smallest absolute Gasteiger partial charge is 0.253 e. The zero-order chi connectivity index (χ0) is 14.2. The highest BCUT2D eigenvalue weighted by Gasteiger charge is 2.34. The largest absolute Gasteiger partial charge is 0.275 e. The van der Waals surface area contributed by atoms with E-state index in [1.165, 1.54) is 24.3 Å². The number of hydrogen-bond acceptors (Lipinski definition) is 4. The maximum Gasteiger partial charge on any atom is 0.253 e. The number of carbonyl (C=O) groups excluding carboxylic acids is 4. The predicted molar refractivity (Wildman–Crippen MR) is 65.5 cm³/mol. The molecule has 0 spiro atoms. The van der Waals surface area contributed by atoms with Crippen LogP contribution < -0.4 is 0 Å². The van der Waals surface area contributed by atoms with Gasteiger partial charge in [0, 0.05) is 36.9 Å². The lowest BCUT2D eigenvalue weighted by atomic mass is 10.0. The number of carbonyl (C=O) groups is 4. The molecule has 0 aliphatic carbocycles. The lowest BCUT2D eigenvalue weighted by molar-refractivity contribution is -0.140. The fraction of sp³-hybridized carbons (Fsp3) is 0.385. The van der Waals surface area contributed by atoms with Gasteiger partial charge in [0.1, 0.15) is 0 Å². The molecular formula is C13H14N2O4. The number of imide groups is 2. The minimum absolute atomic E-state index is 0.183. The summed E-state index contributed by atoms with van der Waals surface area (Å²) < 4.78 is 0. The molecule has 0 saturated carbocycles. The Morgan fingerprint density at radius 1 is 0.842 bits per heavy atom. The highest BCUT2D eigenvalue weighted by atomic mass is 16.2. The van der Waals surface area contributed by atoms with E-state index in [-0.39, 0.29) is 42.1 Å². The van der Waals surface area contributed by atoms with Crippen molar-refractivity contribution in [3.8, 4) is 0 Å². The van der Waals surface area contributed by atoms with Crippen molar-refractivity contribution in [1.29, 1.82) is 0 Å². The van der Waals surface area contributed by atoms with Gasteiger partial charge in [0.25, 0.3) is 23.6 Å². The van der Waals surface area contributed by atoms with E-state index in [0.29, 0.717) is 0 Å². The Balaban J connectivity index is 2.02. The SMILES string of the molecule is CC(CN1C(=O)C=CC1=O)C(C)N1C(=O)C=CC1=O. The molecule has 2 aliphatic heterocycles. The summed E-state index contributed by atoms with van der Waals surface area (Å²) in [5.74, 6) is -1.63. The molecule has 2 heterocycles. The molecule has 2 atom stereocenters. The van der Waals surface area contributed by atoms with Crippen molar-refractivity contribution < 1.29 is 19.2 Å². The van der Waals surface area contributed by atoms with E-state index in [2.05, 4.69) is 0 Å². The normalized spacial score (nSPS) is 21.8. The third kappa shape index (κ3) is 2.33. The zero-order valence-corrected chi connectivity index (χ0v) is 10.7. The predicted octanol–water partition coefficient (Wildman–Crippen LogP) is -0.139. The average Bonchev–Trinajstić information content (AvgIpc) is 2.85. The van der Waals surface area contributed by atoms with Crippen molar-refractivity contribution in [1.82, 2.24) is 9.80 Å². The Morgan fingerprint density at radius 2 is 1.26 bits per heavy atom. The van der Waals surface area contributed by atoms with Crippen LogP contribution in [0.25, 0.3) is 0 Å². The summed E-state index contributed by atoms with van der Waals surface area (Å²) in [6, 6.07) is -0.379. The quantitative estimate of drug-likeness (QED) is 0.661. The number of nitrogens with zero attached hydrogens (tertiary/aromatic N) is 2. The Bertz CT molecular complexity index is 485. The highest BCUT2D eigenvalue weighted by Crippen LogP contribution is 2.18. The first-order valence-corrected chi connectivity index (χ1v) is 6.00.